The van der Waals surface area contributed by atoms with Crippen molar-refractivity contribution in [1.29, 1.82) is 0 Å². The highest BCUT2D eigenvalue weighted by Gasteiger charge is 2.32. The van der Waals surface area contributed by atoms with Crippen LogP contribution in [0.1, 0.15) is 24.9 Å². The SMILES string of the molecule is COCC(C)CC(N)c1ccccc1OC(F)(F)F. The normalized spacial score (nSPS) is 15.1. The summed E-state index contributed by atoms with van der Waals surface area (Å²) in [6.45, 7) is 2.44. The Labute approximate surface area is 110 Å². The molecular formula is C13H18F3NO2. The Balaban J connectivity index is 2.81. The standard InChI is InChI=1S/C13H18F3NO2/c1-9(8-18-2)7-11(17)10-5-3-4-6-12(10)19-13(14,15)16/h3-6,9,11H,7-8,17H2,1-2H3. The average Bonchev–Trinajstić information content (AvgIpc) is 2.27. The van der Waals surface area contributed by atoms with Crippen LogP contribution in [-0.4, -0.2) is 20.1 Å². The summed E-state index contributed by atoms with van der Waals surface area (Å²) in [5, 5.41) is 0. The van der Waals surface area contributed by atoms with E-state index in [1.807, 2.05) is 6.92 Å². The van der Waals surface area contributed by atoms with Gasteiger partial charge in [-0.2, -0.15) is 0 Å². The molecular weight excluding hydrogens is 259 g/mol. The van der Waals surface area contributed by atoms with E-state index in [-0.39, 0.29) is 11.7 Å². The van der Waals surface area contributed by atoms with Gasteiger partial charge in [-0.25, -0.2) is 0 Å². The van der Waals surface area contributed by atoms with E-state index in [4.69, 9.17) is 10.5 Å². The Bertz CT molecular complexity index is 396. The number of ether oxygens (including phenoxy) is 2. The van der Waals surface area contributed by atoms with Crippen LogP contribution in [0.2, 0.25) is 0 Å². The molecule has 2 atom stereocenters. The number of hydrogen-bond acceptors (Lipinski definition) is 3. The first kappa shape index (κ1) is 15.8. The molecule has 0 bridgehead atoms. The van der Waals surface area contributed by atoms with Crippen LogP contribution in [0.3, 0.4) is 0 Å². The summed E-state index contributed by atoms with van der Waals surface area (Å²) >= 11 is 0. The summed E-state index contributed by atoms with van der Waals surface area (Å²) in [6, 6.07) is 5.41. The number of benzene rings is 1. The molecule has 2 unspecified atom stereocenters. The Kier molecular flexibility index (Phi) is 5.62. The van der Waals surface area contributed by atoms with E-state index in [0.717, 1.165) is 0 Å². The summed E-state index contributed by atoms with van der Waals surface area (Å²) in [6.07, 6.45) is -4.19. The fraction of sp³-hybridized carbons (Fsp3) is 0.538. The van der Waals surface area contributed by atoms with Gasteiger partial charge in [0.25, 0.3) is 0 Å². The van der Waals surface area contributed by atoms with Crippen molar-refractivity contribution in [1.82, 2.24) is 0 Å². The Morgan fingerprint density at radius 3 is 2.47 bits per heavy atom. The molecule has 0 aliphatic rings. The number of methoxy groups -OCH3 is 1. The predicted octanol–water partition coefficient (Wildman–Crippen LogP) is 3.26. The summed E-state index contributed by atoms with van der Waals surface area (Å²) in [4.78, 5) is 0. The zero-order valence-corrected chi connectivity index (χ0v) is 10.9. The molecule has 2 N–H and O–H groups in total. The lowest BCUT2D eigenvalue weighted by Crippen LogP contribution is -2.21. The van der Waals surface area contributed by atoms with E-state index in [1.165, 1.54) is 12.1 Å². The van der Waals surface area contributed by atoms with Crippen molar-refractivity contribution in [2.24, 2.45) is 11.7 Å². The molecule has 1 aromatic carbocycles. The number of halogens is 3. The molecule has 1 rings (SSSR count). The van der Waals surface area contributed by atoms with Gasteiger partial charge in [0, 0.05) is 25.3 Å². The van der Waals surface area contributed by atoms with Gasteiger partial charge in [0.1, 0.15) is 5.75 Å². The van der Waals surface area contributed by atoms with Crippen LogP contribution >= 0.6 is 0 Å². The topological polar surface area (TPSA) is 44.5 Å². The molecule has 0 saturated carbocycles. The first-order valence-corrected chi connectivity index (χ1v) is 5.92. The molecule has 0 saturated heterocycles. The minimum Gasteiger partial charge on any atom is -0.405 e. The third-order valence-corrected chi connectivity index (χ3v) is 2.65. The first-order chi connectivity index (χ1) is 8.83. The molecule has 0 radical (unpaired) electrons. The van der Waals surface area contributed by atoms with Gasteiger partial charge >= 0.3 is 6.36 Å². The lowest BCUT2D eigenvalue weighted by Gasteiger charge is -2.20. The van der Waals surface area contributed by atoms with E-state index in [1.54, 1.807) is 19.2 Å². The van der Waals surface area contributed by atoms with Crippen molar-refractivity contribution in [3.8, 4) is 5.75 Å². The van der Waals surface area contributed by atoms with Crippen LogP contribution in [0.15, 0.2) is 24.3 Å². The lowest BCUT2D eigenvalue weighted by molar-refractivity contribution is -0.275. The van der Waals surface area contributed by atoms with Crippen molar-refractivity contribution in [3.63, 3.8) is 0 Å². The number of nitrogens with two attached hydrogens (primary N) is 1. The molecule has 0 heterocycles. The van der Waals surface area contributed by atoms with Crippen LogP contribution in [0.25, 0.3) is 0 Å². The Hall–Kier alpha value is -1.27. The molecule has 19 heavy (non-hydrogen) atoms. The number of para-hydroxylation sites is 1. The van der Waals surface area contributed by atoms with Crippen LogP contribution in [-0.2, 0) is 4.74 Å². The van der Waals surface area contributed by atoms with Gasteiger partial charge in [0.15, 0.2) is 0 Å². The molecule has 1 aromatic rings. The molecule has 0 spiro atoms. The monoisotopic (exact) mass is 277 g/mol. The maximum Gasteiger partial charge on any atom is 0.573 e. The van der Waals surface area contributed by atoms with E-state index in [9.17, 15) is 13.2 Å². The van der Waals surface area contributed by atoms with Crippen LogP contribution in [0, 0.1) is 5.92 Å². The number of rotatable bonds is 6. The van der Waals surface area contributed by atoms with E-state index < -0.39 is 12.4 Å². The van der Waals surface area contributed by atoms with Gasteiger partial charge in [-0.1, -0.05) is 25.1 Å². The zero-order chi connectivity index (χ0) is 14.5. The lowest BCUT2D eigenvalue weighted by atomic mass is 9.96. The molecule has 0 aliphatic heterocycles. The van der Waals surface area contributed by atoms with Crippen molar-refractivity contribution in [2.45, 2.75) is 25.7 Å². The van der Waals surface area contributed by atoms with Gasteiger partial charge in [-0.3, -0.25) is 0 Å². The second-order valence-electron chi connectivity index (χ2n) is 4.49. The van der Waals surface area contributed by atoms with Gasteiger partial charge in [-0.05, 0) is 18.4 Å². The second-order valence-corrected chi connectivity index (χ2v) is 4.49. The van der Waals surface area contributed by atoms with E-state index >= 15 is 0 Å². The molecule has 0 fully saturated rings. The summed E-state index contributed by atoms with van der Waals surface area (Å²) in [7, 11) is 1.57. The van der Waals surface area contributed by atoms with Gasteiger partial charge < -0.3 is 15.2 Å². The van der Waals surface area contributed by atoms with Crippen LogP contribution < -0.4 is 10.5 Å². The summed E-state index contributed by atoms with van der Waals surface area (Å²) in [5.74, 6) is -0.0916. The Morgan fingerprint density at radius 2 is 1.89 bits per heavy atom. The van der Waals surface area contributed by atoms with Crippen molar-refractivity contribution in [2.75, 3.05) is 13.7 Å². The highest BCUT2D eigenvalue weighted by molar-refractivity contribution is 5.35. The largest absolute Gasteiger partial charge is 0.573 e. The van der Waals surface area contributed by atoms with Crippen LogP contribution in [0.4, 0.5) is 13.2 Å². The van der Waals surface area contributed by atoms with Gasteiger partial charge in [-0.15, -0.1) is 13.2 Å². The Morgan fingerprint density at radius 1 is 1.26 bits per heavy atom. The molecule has 0 amide bonds. The summed E-state index contributed by atoms with van der Waals surface area (Å²) < 4.78 is 45.8. The molecule has 6 heteroatoms. The van der Waals surface area contributed by atoms with E-state index in [0.29, 0.717) is 18.6 Å². The van der Waals surface area contributed by atoms with Gasteiger partial charge in [0.2, 0.25) is 0 Å². The smallest absolute Gasteiger partial charge is 0.405 e. The van der Waals surface area contributed by atoms with Crippen molar-refractivity contribution < 1.29 is 22.6 Å². The highest BCUT2D eigenvalue weighted by atomic mass is 19.4. The van der Waals surface area contributed by atoms with Gasteiger partial charge in [0.05, 0.1) is 0 Å². The second kappa shape index (κ2) is 6.77. The average molecular weight is 277 g/mol. The maximum atomic E-state index is 12.3. The quantitative estimate of drug-likeness (QED) is 0.868. The first-order valence-electron chi connectivity index (χ1n) is 5.92. The number of hydrogen-bond donors (Lipinski definition) is 1. The molecule has 0 aliphatic carbocycles. The predicted molar refractivity (Wildman–Crippen MR) is 65.7 cm³/mol. The summed E-state index contributed by atoms with van der Waals surface area (Å²) in [5.41, 5.74) is 6.29. The van der Waals surface area contributed by atoms with Crippen LogP contribution in [0.5, 0.6) is 5.75 Å². The highest BCUT2D eigenvalue weighted by Crippen LogP contribution is 2.31. The third-order valence-electron chi connectivity index (χ3n) is 2.65. The fourth-order valence-electron chi connectivity index (χ4n) is 1.92. The molecule has 108 valence electrons. The minimum atomic E-state index is -4.71. The minimum absolute atomic E-state index is 0.152. The van der Waals surface area contributed by atoms with E-state index in [2.05, 4.69) is 4.74 Å². The number of alkyl halides is 3. The fourth-order valence-corrected chi connectivity index (χ4v) is 1.92. The molecule has 3 nitrogen and oxygen atoms in total. The zero-order valence-electron chi connectivity index (χ0n) is 10.9. The van der Waals surface area contributed by atoms with Crippen molar-refractivity contribution >= 4 is 0 Å². The maximum absolute atomic E-state index is 12.3. The van der Waals surface area contributed by atoms with Crippen molar-refractivity contribution in [3.05, 3.63) is 29.8 Å². The molecule has 0 aromatic heterocycles. The third kappa shape index (κ3) is 5.48.